The minimum Gasteiger partial charge on any atom is -0.458 e. The second-order valence-corrected chi connectivity index (χ2v) is 7.93. The maximum Gasteiger partial charge on any atom is 0.303 e. The summed E-state index contributed by atoms with van der Waals surface area (Å²) in [6.45, 7) is 7.89. The molecule has 3 rings (SSSR count). The Morgan fingerprint density at radius 2 is 2.05 bits per heavy atom. The number of hydrogen-bond acceptors (Lipinski definition) is 5. The summed E-state index contributed by atoms with van der Waals surface area (Å²) in [5.74, 6) is -0.391. The number of aliphatic hydroxyl groups excluding tert-OH is 1. The predicted octanol–water partition coefficient (Wildman–Crippen LogP) is 1.77. The van der Waals surface area contributed by atoms with Crippen molar-refractivity contribution in [3.63, 3.8) is 0 Å². The second-order valence-electron chi connectivity index (χ2n) is 7.93. The fourth-order valence-electron chi connectivity index (χ4n) is 5.29. The lowest BCUT2D eigenvalue weighted by atomic mass is 9.46. The molecule has 1 heterocycles. The number of rotatable bonds is 1. The van der Waals surface area contributed by atoms with Crippen LogP contribution in [0.2, 0.25) is 0 Å². The first-order valence-electron chi connectivity index (χ1n) is 8.03. The van der Waals surface area contributed by atoms with Crippen LogP contribution in [0.1, 0.15) is 47.0 Å². The summed E-state index contributed by atoms with van der Waals surface area (Å²) < 4.78 is 10.9. The largest absolute Gasteiger partial charge is 0.458 e. The lowest BCUT2D eigenvalue weighted by Gasteiger charge is -2.60. The van der Waals surface area contributed by atoms with E-state index < -0.39 is 17.3 Å². The zero-order chi connectivity index (χ0) is 16.3. The van der Waals surface area contributed by atoms with E-state index in [0.717, 1.165) is 19.3 Å². The smallest absolute Gasteiger partial charge is 0.303 e. The molecule has 2 aliphatic carbocycles. The van der Waals surface area contributed by atoms with Gasteiger partial charge in [-0.25, -0.2) is 0 Å². The zero-order valence-electron chi connectivity index (χ0n) is 13.8. The maximum absolute atomic E-state index is 11.5. The van der Waals surface area contributed by atoms with Crippen molar-refractivity contribution in [2.75, 3.05) is 6.61 Å². The third-order valence-electron chi connectivity index (χ3n) is 6.16. The van der Waals surface area contributed by atoms with E-state index in [-0.39, 0.29) is 30.0 Å². The molecule has 124 valence electrons. The molecule has 1 saturated heterocycles. The fourth-order valence-corrected chi connectivity index (χ4v) is 5.29. The number of ether oxygens (including phenoxy) is 2. The van der Waals surface area contributed by atoms with Crippen molar-refractivity contribution in [3.05, 3.63) is 11.6 Å². The molecule has 0 unspecified atom stereocenters. The Balaban J connectivity index is 2.16. The van der Waals surface area contributed by atoms with Crippen LogP contribution in [-0.2, 0) is 14.3 Å². The lowest BCUT2D eigenvalue weighted by molar-refractivity contribution is -0.244. The van der Waals surface area contributed by atoms with Gasteiger partial charge in [0.25, 0.3) is 0 Å². The topological polar surface area (TPSA) is 76.0 Å². The van der Waals surface area contributed by atoms with Crippen LogP contribution in [0.3, 0.4) is 0 Å². The van der Waals surface area contributed by atoms with Gasteiger partial charge in [0.05, 0.1) is 6.61 Å². The second kappa shape index (κ2) is 4.79. The van der Waals surface area contributed by atoms with Gasteiger partial charge in [-0.05, 0) is 29.9 Å². The number of carbonyl (C=O) groups excluding carboxylic acids is 1. The molecule has 1 saturated carbocycles. The molecule has 0 bridgehead atoms. The summed E-state index contributed by atoms with van der Waals surface area (Å²) >= 11 is 0. The summed E-state index contributed by atoms with van der Waals surface area (Å²) in [7, 11) is 0. The zero-order valence-corrected chi connectivity index (χ0v) is 13.8. The molecule has 22 heavy (non-hydrogen) atoms. The van der Waals surface area contributed by atoms with E-state index in [0.29, 0.717) is 5.57 Å². The summed E-state index contributed by atoms with van der Waals surface area (Å²) in [6, 6.07) is 0. The molecule has 0 aromatic rings. The summed E-state index contributed by atoms with van der Waals surface area (Å²) in [5.41, 5.74) is -1.45. The first-order chi connectivity index (χ1) is 10.1. The first-order valence-corrected chi connectivity index (χ1v) is 8.03. The van der Waals surface area contributed by atoms with E-state index in [2.05, 4.69) is 13.8 Å². The number of carbonyl (C=O) groups is 1. The van der Waals surface area contributed by atoms with E-state index in [1.165, 1.54) is 6.92 Å². The van der Waals surface area contributed by atoms with Crippen LogP contribution < -0.4 is 0 Å². The minimum atomic E-state index is -1.40. The number of aliphatic hydroxyl groups is 2. The van der Waals surface area contributed by atoms with Gasteiger partial charge in [0.2, 0.25) is 0 Å². The average molecular weight is 310 g/mol. The van der Waals surface area contributed by atoms with E-state index in [1.54, 1.807) is 6.08 Å². The quantitative estimate of drug-likeness (QED) is 0.570. The van der Waals surface area contributed by atoms with Gasteiger partial charge in [-0.2, -0.15) is 0 Å². The Hall–Kier alpha value is -0.910. The van der Waals surface area contributed by atoms with Crippen molar-refractivity contribution in [2.24, 2.45) is 16.7 Å². The molecule has 0 aromatic heterocycles. The van der Waals surface area contributed by atoms with Gasteiger partial charge in [-0.3, -0.25) is 4.79 Å². The number of hydrogen-bond donors (Lipinski definition) is 2. The van der Waals surface area contributed by atoms with Crippen LogP contribution in [0.15, 0.2) is 11.6 Å². The van der Waals surface area contributed by atoms with Gasteiger partial charge in [0.15, 0.2) is 6.29 Å². The Bertz CT molecular complexity index is 525. The molecule has 3 aliphatic rings. The van der Waals surface area contributed by atoms with Crippen molar-refractivity contribution in [1.82, 2.24) is 0 Å². The molecular weight excluding hydrogens is 284 g/mol. The molecule has 5 nitrogen and oxygen atoms in total. The van der Waals surface area contributed by atoms with Crippen molar-refractivity contribution < 1.29 is 24.5 Å². The monoisotopic (exact) mass is 310 g/mol. The predicted molar refractivity (Wildman–Crippen MR) is 79.8 cm³/mol. The molecular formula is C17H26O5. The molecule has 0 aromatic carbocycles. The summed E-state index contributed by atoms with van der Waals surface area (Å²) in [5, 5.41) is 21.6. The SMILES string of the molecule is CC(=O)O[C@@H]1C=C2CO[C@@H](O)[C@]2(O)[C@@]2(C)CCCC(C)(C)[C@H]12. The highest BCUT2D eigenvalue weighted by molar-refractivity contribution is 5.66. The molecule has 2 fully saturated rings. The molecule has 1 aliphatic heterocycles. The normalized spacial score (nSPS) is 46.5. The van der Waals surface area contributed by atoms with E-state index in [4.69, 9.17) is 9.47 Å². The van der Waals surface area contributed by atoms with E-state index in [1.807, 2.05) is 6.92 Å². The van der Waals surface area contributed by atoms with E-state index in [9.17, 15) is 15.0 Å². The Kier molecular flexibility index (Phi) is 3.48. The first kappa shape index (κ1) is 16.0. The van der Waals surface area contributed by atoms with Crippen LogP contribution in [0.4, 0.5) is 0 Å². The van der Waals surface area contributed by atoms with Gasteiger partial charge >= 0.3 is 5.97 Å². The lowest BCUT2D eigenvalue weighted by Crippen LogP contribution is -2.65. The number of esters is 1. The minimum absolute atomic E-state index is 0.0669. The van der Waals surface area contributed by atoms with Crippen LogP contribution in [0, 0.1) is 16.7 Å². The number of fused-ring (bicyclic) bond motifs is 3. The van der Waals surface area contributed by atoms with Crippen LogP contribution in [-0.4, -0.2) is 40.8 Å². The summed E-state index contributed by atoms with van der Waals surface area (Å²) in [4.78, 5) is 11.5. The fraction of sp³-hybridized carbons (Fsp3) is 0.824. The van der Waals surface area contributed by atoms with Crippen molar-refractivity contribution in [3.8, 4) is 0 Å². The van der Waals surface area contributed by atoms with Gasteiger partial charge in [-0.1, -0.05) is 27.2 Å². The van der Waals surface area contributed by atoms with Gasteiger partial charge in [-0.15, -0.1) is 0 Å². The molecule has 0 spiro atoms. The standard InChI is InChI=1S/C17H26O5/c1-10(18)22-12-8-11-9-21-14(19)17(11,20)16(4)7-5-6-15(2,3)13(12)16/h8,12-14,19-20H,5-7,9H2,1-4H3/t12-,13+,14-,16+,17+/m1/s1. The Labute approximate surface area is 131 Å². The van der Waals surface area contributed by atoms with Crippen molar-refractivity contribution in [2.45, 2.75) is 65.0 Å². The third kappa shape index (κ3) is 1.92. The Morgan fingerprint density at radius 1 is 1.36 bits per heavy atom. The highest BCUT2D eigenvalue weighted by atomic mass is 16.6. The van der Waals surface area contributed by atoms with Crippen LogP contribution in [0.25, 0.3) is 0 Å². The highest BCUT2D eigenvalue weighted by Gasteiger charge is 2.68. The highest BCUT2D eigenvalue weighted by Crippen LogP contribution is 2.63. The third-order valence-corrected chi connectivity index (χ3v) is 6.16. The van der Waals surface area contributed by atoms with Gasteiger partial charge in [0, 0.05) is 18.3 Å². The Morgan fingerprint density at radius 3 is 2.68 bits per heavy atom. The maximum atomic E-state index is 11.5. The summed E-state index contributed by atoms with van der Waals surface area (Å²) in [6.07, 6.45) is 2.93. The van der Waals surface area contributed by atoms with Crippen molar-refractivity contribution >= 4 is 5.97 Å². The van der Waals surface area contributed by atoms with E-state index >= 15 is 0 Å². The molecule has 2 N–H and O–H groups in total. The molecule has 0 amide bonds. The average Bonchev–Trinajstić information content (AvgIpc) is 2.66. The van der Waals surface area contributed by atoms with Crippen LogP contribution in [0.5, 0.6) is 0 Å². The molecule has 5 atom stereocenters. The van der Waals surface area contributed by atoms with Crippen molar-refractivity contribution in [1.29, 1.82) is 0 Å². The van der Waals surface area contributed by atoms with Gasteiger partial charge < -0.3 is 19.7 Å². The van der Waals surface area contributed by atoms with Crippen LogP contribution >= 0.6 is 0 Å². The van der Waals surface area contributed by atoms with Gasteiger partial charge in [0.1, 0.15) is 11.7 Å². The molecule has 0 radical (unpaired) electrons. The molecule has 5 heteroatoms.